The van der Waals surface area contributed by atoms with Gasteiger partial charge in [-0.3, -0.25) is 4.99 Å². The molecule has 1 N–H and O–H groups in total. The Bertz CT molecular complexity index is 766. The van der Waals surface area contributed by atoms with Crippen LogP contribution in [0.25, 0.3) is 0 Å². The van der Waals surface area contributed by atoms with Gasteiger partial charge in [0.15, 0.2) is 15.8 Å². The van der Waals surface area contributed by atoms with E-state index in [4.69, 9.17) is 0 Å². The van der Waals surface area contributed by atoms with Gasteiger partial charge in [-0.25, -0.2) is 12.8 Å². The van der Waals surface area contributed by atoms with Crippen LogP contribution in [0.4, 0.5) is 4.39 Å². The Hall–Kier alpha value is -1.15. The van der Waals surface area contributed by atoms with Gasteiger partial charge in [0.1, 0.15) is 5.82 Å². The van der Waals surface area contributed by atoms with Crippen LogP contribution < -0.4 is 5.32 Å². The summed E-state index contributed by atoms with van der Waals surface area (Å²) >= 11 is 3.26. The molecule has 8 heteroatoms. The molecule has 0 unspecified atom stereocenters. The van der Waals surface area contributed by atoms with Crippen LogP contribution in [0.5, 0.6) is 0 Å². The van der Waals surface area contributed by atoms with E-state index in [1.807, 2.05) is 17.9 Å². The van der Waals surface area contributed by atoms with E-state index in [0.29, 0.717) is 38.2 Å². The standard InChI is InChI=1S/C18H27BrFN3O2S/c1-4-21-17(23-10-11-26(24,25)18(2,3)13-23)22-9-5-6-14-7-8-15(19)12-16(14)20/h7-8,12H,4-6,9-11,13H2,1-3H3,(H,21,22). The highest BCUT2D eigenvalue weighted by Gasteiger charge is 2.40. The van der Waals surface area contributed by atoms with E-state index >= 15 is 0 Å². The first-order valence-electron chi connectivity index (χ1n) is 8.86. The molecule has 1 aromatic carbocycles. The van der Waals surface area contributed by atoms with Crippen molar-refractivity contribution < 1.29 is 12.8 Å². The highest BCUT2D eigenvalue weighted by molar-refractivity contribution is 9.10. The second-order valence-electron chi connectivity index (χ2n) is 7.08. The molecule has 1 aromatic rings. The van der Waals surface area contributed by atoms with Gasteiger partial charge in [0.05, 0.1) is 10.5 Å². The lowest BCUT2D eigenvalue weighted by Gasteiger charge is -2.39. The Morgan fingerprint density at radius 3 is 2.77 bits per heavy atom. The first-order chi connectivity index (χ1) is 12.2. The summed E-state index contributed by atoms with van der Waals surface area (Å²) in [6, 6.07) is 5.09. The summed E-state index contributed by atoms with van der Waals surface area (Å²) < 4.78 is 38.2. The summed E-state index contributed by atoms with van der Waals surface area (Å²) in [5.74, 6) is 0.652. The normalized spacial score (nSPS) is 19.4. The summed E-state index contributed by atoms with van der Waals surface area (Å²) in [5.41, 5.74) is 0.679. The Balaban J connectivity index is 1.98. The van der Waals surface area contributed by atoms with Crippen LogP contribution in [0.1, 0.15) is 32.8 Å². The lowest BCUT2D eigenvalue weighted by molar-refractivity contribution is 0.353. The molecule has 0 saturated carbocycles. The molecular formula is C18H27BrFN3O2S. The molecule has 0 amide bonds. The van der Waals surface area contributed by atoms with Gasteiger partial charge < -0.3 is 10.2 Å². The number of halogens is 2. The molecule has 1 fully saturated rings. The van der Waals surface area contributed by atoms with Crippen molar-refractivity contribution in [3.63, 3.8) is 0 Å². The van der Waals surface area contributed by atoms with Crippen molar-refractivity contribution in [3.8, 4) is 0 Å². The molecule has 1 aliphatic rings. The fourth-order valence-electron chi connectivity index (χ4n) is 2.93. The van der Waals surface area contributed by atoms with Gasteiger partial charge in [0.25, 0.3) is 0 Å². The Morgan fingerprint density at radius 1 is 1.42 bits per heavy atom. The molecule has 2 rings (SSSR count). The number of rotatable bonds is 5. The number of nitrogens with zero attached hydrogens (tertiary/aromatic N) is 2. The SMILES string of the molecule is CCNC(=NCCCc1ccc(Br)cc1F)N1CCS(=O)(=O)C(C)(C)C1. The van der Waals surface area contributed by atoms with E-state index in [2.05, 4.69) is 26.2 Å². The zero-order valence-corrected chi connectivity index (χ0v) is 18.0. The second-order valence-corrected chi connectivity index (χ2v) is 10.7. The summed E-state index contributed by atoms with van der Waals surface area (Å²) in [6.45, 7) is 7.63. The average molecular weight is 448 g/mol. The van der Waals surface area contributed by atoms with Gasteiger partial charge in [-0.1, -0.05) is 22.0 Å². The molecule has 26 heavy (non-hydrogen) atoms. The highest BCUT2D eigenvalue weighted by atomic mass is 79.9. The van der Waals surface area contributed by atoms with Crippen molar-refractivity contribution in [2.75, 3.05) is 31.9 Å². The minimum Gasteiger partial charge on any atom is -0.357 e. The number of aliphatic imine (C=N–C) groups is 1. The van der Waals surface area contributed by atoms with Crippen LogP contribution in [-0.4, -0.2) is 56.0 Å². The van der Waals surface area contributed by atoms with Crippen LogP contribution >= 0.6 is 15.9 Å². The molecule has 0 spiro atoms. The van der Waals surface area contributed by atoms with Crippen molar-refractivity contribution in [2.24, 2.45) is 4.99 Å². The van der Waals surface area contributed by atoms with E-state index < -0.39 is 14.6 Å². The van der Waals surface area contributed by atoms with Gasteiger partial charge in [-0.15, -0.1) is 0 Å². The van der Waals surface area contributed by atoms with Crippen molar-refractivity contribution in [2.45, 2.75) is 38.4 Å². The third kappa shape index (κ3) is 5.19. The molecule has 5 nitrogen and oxygen atoms in total. The van der Waals surface area contributed by atoms with E-state index in [-0.39, 0.29) is 11.6 Å². The van der Waals surface area contributed by atoms with E-state index in [9.17, 15) is 12.8 Å². The van der Waals surface area contributed by atoms with Gasteiger partial charge >= 0.3 is 0 Å². The molecule has 146 valence electrons. The Labute approximate surface area is 164 Å². The number of guanidine groups is 1. The number of benzene rings is 1. The van der Waals surface area contributed by atoms with Crippen molar-refractivity contribution in [1.82, 2.24) is 10.2 Å². The minimum absolute atomic E-state index is 0.133. The fourth-order valence-corrected chi connectivity index (χ4v) is 4.63. The predicted molar refractivity (Wildman–Crippen MR) is 108 cm³/mol. The summed E-state index contributed by atoms with van der Waals surface area (Å²) in [6.07, 6.45) is 1.34. The van der Waals surface area contributed by atoms with Crippen LogP contribution in [0.2, 0.25) is 0 Å². The van der Waals surface area contributed by atoms with Gasteiger partial charge in [-0.2, -0.15) is 0 Å². The topological polar surface area (TPSA) is 61.8 Å². The minimum atomic E-state index is -3.08. The number of hydrogen-bond acceptors (Lipinski definition) is 3. The molecule has 0 bridgehead atoms. The third-order valence-electron chi connectivity index (χ3n) is 4.56. The largest absolute Gasteiger partial charge is 0.357 e. The first kappa shape index (κ1) is 21.2. The summed E-state index contributed by atoms with van der Waals surface area (Å²) in [4.78, 5) is 6.62. The van der Waals surface area contributed by atoms with Crippen LogP contribution in [-0.2, 0) is 16.3 Å². The number of hydrogen-bond donors (Lipinski definition) is 1. The predicted octanol–water partition coefficient (Wildman–Crippen LogP) is 3.00. The van der Waals surface area contributed by atoms with Crippen molar-refractivity contribution in [1.29, 1.82) is 0 Å². The van der Waals surface area contributed by atoms with Crippen LogP contribution in [0, 0.1) is 5.82 Å². The monoisotopic (exact) mass is 447 g/mol. The lowest BCUT2D eigenvalue weighted by atomic mass is 10.1. The lowest BCUT2D eigenvalue weighted by Crippen LogP contribution is -2.57. The molecule has 0 aliphatic carbocycles. The maximum atomic E-state index is 13.9. The van der Waals surface area contributed by atoms with Gasteiger partial charge in [0, 0.05) is 30.7 Å². The summed E-state index contributed by atoms with van der Waals surface area (Å²) in [5, 5.41) is 3.24. The Kier molecular flexibility index (Phi) is 7.07. The molecular weight excluding hydrogens is 421 g/mol. The molecule has 0 radical (unpaired) electrons. The molecule has 0 atom stereocenters. The van der Waals surface area contributed by atoms with Crippen LogP contribution in [0.15, 0.2) is 27.7 Å². The smallest absolute Gasteiger partial charge is 0.193 e. The maximum absolute atomic E-state index is 13.9. The number of sulfone groups is 1. The quantitative estimate of drug-likeness (QED) is 0.428. The van der Waals surface area contributed by atoms with Gasteiger partial charge in [-0.05, 0) is 51.3 Å². The van der Waals surface area contributed by atoms with Crippen LogP contribution in [0.3, 0.4) is 0 Å². The number of aryl methyl sites for hydroxylation is 1. The first-order valence-corrected chi connectivity index (χ1v) is 11.3. The second kappa shape index (κ2) is 8.69. The summed E-state index contributed by atoms with van der Waals surface area (Å²) in [7, 11) is -3.08. The third-order valence-corrected chi connectivity index (χ3v) is 7.59. The van der Waals surface area contributed by atoms with Gasteiger partial charge in [0.2, 0.25) is 0 Å². The zero-order chi connectivity index (χ0) is 19.4. The van der Waals surface area contributed by atoms with E-state index in [1.165, 1.54) is 6.07 Å². The molecule has 0 aromatic heterocycles. The maximum Gasteiger partial charge on any atom is 0.193 e. The molecule has 1 aliphatic heterocycles. The Morgan fingerprint density at radius 2 is 2.15 bits per heavy atom. The fraction of sp³-hybridized carbons (Fsp3) is 0.611. The van der Waals surface area contributed by atoms with E-state index in [0.717, 1.165) is 16.9 Å². The molecule has 1 heterocycles. The average Bonchev–Trinajstić information content (AvgIpc) is 2.55. The molecule has 1 saturated heterocycles. The van der Waals surface area contributed by atoms with E-state index in [1.54, 1.807) is 19.9 Å². The highest BCUT2D eigenvalue weighted by Crippen LogP contribution is 2.23. The number of nitrogens with one attached hydrogen (secondary N) is 1. The van der Waals surface area contributed by atoms with Crippen molar-refractivity contribution >= 4 is 31.7 Å². The van der Waals surface area contributed by atoms with Crippen molar-refractivity contribution in [3.05, 3.63) is 34.1 Å². The zero-order valence-electron chi connectivity index (χ0n) is 15.6.